The number of ether oxygens (including phenoxy) is 1. The molecule has 1 heterocycles. The van der Waals surface area contributed by atoms with Gasteiger partial charge in [-0.25, -0.2) is 8.42 Å². The summed E-state index contributed by atoms with van der Waals surface area (Å²) in [5.41, 5.74) is 1.42. The minimum Gasteiger partial charge on any atom is -0.496 e. The van der Waals surface area contributed by atoms with E-state index in [1.54, 1.807) is 25.2 Å². The standard InChI is InChI=1S/C23H27N3O4S/c1-26(16-17-9-5-3-6-10-17)31(27,28)19-13-14-21(29-2)20(15-19)22-24-23(30-25-22)18-11-7-4-8-12-18/h3,5-6,9-10,13-15,18H,4,7-8,11-12,16H2,1-2H3. The van der Waals surface area contributed by atoms with Crippen LogP contribution in [0.3, 0.4) is 0 Å². The number of benzene rings is 2. The Morgan fingerprint density at radius 2 is 1.84 bits per heavy atom. The first-order valence-electron chi connectivity index (χ1n) is 10.5. The van der Waals surface area contributed by atoms with Crippen molar-refractivity contribution >= 4 is 10.0 Å². The van der Waals surface area contributed by atoms with E-state index in [2.05, 4.69) is 10.1 Å². The summed E-state index contributed by atoms with van der Waals surface area (Å²) in [6.07, 6.45) is 5.64. The first-order chi connectivity index (χ1) is 15.0. The van der Waals surface area contributed by atoms with Crippen LogP contribution in [-0.4, -0.2) is 37.0 Å². The van der Waals surface area contributed by atoms with E-state index >= 15 is 0 Å². The van der Waals surface area contributed by atoms with Crippen LogP contribution < -0.4 is 4.74 Å². The van der Waals surface area contributed by atoms with Gasteiger partial charge in [0.1, 0.15) is 5.75 Å². The monoisotopic (exact) mass is 441 g/mol. The molecule has 7 nitrogen and oxygen atoms in total. The normalized spacial score (nSPS) is 15.3. The van der Waals surface area contributed by atoms with Gasteiger partial charge in [-0.05, 0) is 36.6 Å². The minimum atomic E-state index is -3.71. The molecule has 4 rings (SSSR count). The highest BCUT2D eigenvalue weighted by Gasteiger charge is 2.26. The molecule has 1 fully saturated rings. The predicted octanol–water partition coefficient (Wildman–Crippen LogP) is 4.61. The Bertz CT molecular complexity index is 1120. The zero-order valence-corrected chi connectivity index (χ0v) is 18.6. The molecule has 0 aliphatic heterocycles. The molecule has 0 saturated heterocycles. The first-order valence-corrected chi connectivity index (χ1v) is 12.0. The number of rotatable bonds is 7. The second kappa shape index (κ2) is 9.20. The van der Waals surface area contributed by atoms with Crippen LogP contribution in [0.5, 0.6) is 5.75 Å². The third-order valence-electron chi connectivity index (χ3n) is 5.76. The molecule has 1 aliphatic rings. The average molecular weight is 442 g/mol. The highest BCUT2D eigenvalue weighted by Crippen LogP contribution is 2.35. The third-order valence-corrected chi connectivity index (χ3v) is 7.56. The number of methoxy groups -OCH3 is 1. The number of hydrogen-bond acceptors (Lipinski definition) is 6. The SMILES string of the molecule is COc1ccc(S(=O)(=O)N(C)Cc2ccccc2)cc1-c1noc(C2CCCCC2)n1. The lowest BCUT2D eigenvalue weighted by Gasteiger charge is -2.18. The first kappa shape index (κ1) is 21.5. The summed E-state index contributed by atoms with van der Waals surface area (Å²) in [6.45, 7) is 0.276. The Kier molecular flexibility index (Phi) is 6.38. The van der Waals surface area contributed by atoms with Gasteiger partial charge in [0.25, 0.3) is 0 Å². The Morgan fingerprint density at radius 3 is 2.55 bits per heavy atom. The van der Waals surface area contributed by atoms with E-state index in [1.165, 1.54) is 17.8 Å². The smallest absolute Gasteiger partial charge is 0.243 e. The van der Waals surface area contributed by atoms with E-state index in [0.29, 0.717) is 23.0 Å². The van der Waals surface area contributed by atoms with Crippen molar-refractivity contribution in [2.24, 2.45) is 0 Å². The highest BCUT2D eigenvalue weighted by molar-refractivity contribution is 7.89. The lowest BCUT2D eigenvalue weighted by atomic mass is 9.89. The molecular weight excluding hydrogens is 414 g/mol. The largest absolute Gasteiger partial charge is 0.496 e. The van der Waals surface area contributed by atoms with Gasteiger partial charge in [-0.2, -0.15) is 9.29 Å². The van der Waals surface area contributed by atoms with Crippen molar-refractivity contribution < 1.29 is 17.7 Å². The van der Waals surface area contributed by atoms with Crippen LogP contribution in [0, 0.1) is 0 Å². The molecule has 0 spiro atoms. The molecule has 3 aromatic rings. The summed E-state index contributed by atoms with van der Waals surface area (Å²) in [7, 11) is -0.605. The predicted molar refractivity (Wildman–Crippen MR) is 117 cm³/mol. The topological polar surface area (TPSA) is 85.5 Å². The van der Waals surface area contributed by atoms with Crippen LogP contribution >= 0.6 is 0 Å². The molecule has 0 amide bonds. The summed E-state index contributed by atoms with van der Waals surface area (Å²) in [6, 6.07) is 14.2. The maximum absolute atomic E-state index is 13.2. The van der Waals surface area contributed by atoms with E-state index in [4.69, 9.17) is 9.26 Å². The molecule has 0 bridgehead atoms. The van der Waals surface area contributed by atoms with Crippen LogP contribution in [0.1, 0.15) is 49.5 Å². The number of sulfonamides is 1. The maximum atomic E-state index is 13.2. The third kappa shape index (κ3) is 4.65. The molecule has 1 aromatic heterocycles. The molecule has 2 aromatic carbocycles. The van der Waals surface area contributed by atoms with Crippen molar-refractivity contribution in [3.8, 4) is 17.1 Å². The molecule has 0 atom stereocenters. The van der Waals surface area contributed by atoms with Crippen molar-refractivity contribution in [1.82, 2.24) is 14.4 Å². The van der Waals surface area contributed by atoms with Gasteiger partial charge >= 0.3 is 0 Å². The van der Waals surface area contributed by atoms with Gasteiger partial charge in [0.2, 0.25) is 21.7 Å². The van der Waals surface area contributed by atoms with Crippen LogP contribution in [0.25, 0.3) is 11.4 Å². The molecule has 1 saturated carbocycles. The molecule has 8 heteroatoms. The summed E-state index contributed by atoms with van der Waals surface area (Å²) < 4.78 is 38.7. The average Bonchev–Trinajstić information content (AvgIpc) is 3.30. The second-order valence-electron chi connectivity index (χ2n) is 7.90. The zero-order valence-electron chi connectivity index (χ0n) is 17.8. The van der Waals surface area contributed by atoms with E-state index in [0.717, 1.165) is 31.2 Å². The van der Waals surface area contributed by atoms with Crippen molar-refractivity contribution in [3.63, 3.8) is 0 Å². The summed E-state index contributed by atoms with van der Waals surface area (Å²) in [5.74, 6) is 1.73. The van der Waals surface area contributed by atoms with E-state index in [9.17, 15) is 8.42 Å². The molecule has 1 aliphatic carbocycles. The number of nitrogens with zero attached hydrogens (tertiary/aromatic N) is 3. The summed E-state index contributed by atoms with van der Waals surface area (Å²) in [5, 5.41) is 4.13. The van der Waals surface area contributed by atoms with Gasteiger partial charge in [0, 0.05) is 19.5 Å². The van der Waals surface area contributed by atoms with E-state index in [-0.39, 0.29) is 17.4 Å². The van der Waals surface area contributed by atoms with Crippen LogP contribution in [0.2, 0.25) is 0 Å². The Balaban J connectivity index is 1.63. The summed E-state index contributed by atoms with van der Waals surface area (Å²) >= 11 is 0. The Hall–Kier alpha value is -2.71. The fourth-order valence-corrected chi connectivity index (χ4v) is 5.17. The van der Waals surface area contributed by atoms with Crippen molar-refractivity contribution in [1.29, 1.82) is 0 Å². The van der Waals surface area contributed by atoms with Gasteiger partial charge in [-0.3, -0.25) is 0 Å². The minimum absolute atomic E-state index is 0.158. The van der Waals surface area contributed by atoms with Crippen molar-refractivity contribution in [2.45, 2.75) is 49.5 Å². The molecular formula is C23H27N3O4S. The lowest BCUT2D eigenvalue weighted by Crippen LogP contribution is -2.26. The molecule has 0 unspecified atom stereocenters. The van der Waals surface area contributed by atoms with Gasteiger partial charge in [0.05, 0.1) is 17.6 Å². The van der Waals surface area contributed by atoms with Gasteiger partial charge in [-0.15, -0.1) is 0 Å². The molecule has 31 heavy (non-hydrogen) atoms. The van der Waals surface area contributed by atoms with Gasteiger partial charge in [0.15, 0.2) is 0 Å². The lowest BCUT2D eigenvalue weighted by molar-refractivity contribution is 0.314. The fraction of sp³-hybridized carbons (Fsp3) is 0.391. The Labute approximate surface area is 183 Å². The van der Waals surface area contributed by atoms with Crippen LogP contribution in [0.4, 0.5) is 0 Å². The number of hydrogen-bond donors (Lipinski definition) is 0. The molecule has 0 N–H and O–H groups in total. The van der Waals surface area contributed by atoms with Crippen LogP contribution in [0.15, 0.2) is 57.9 Å². The maximum Gasteiger partial charge on any atom is 0.243 e. The van der Waals surface area contributed by atoms with Gasteiger partial charge in [-0.1, -0.05) is 54.8 Å². The number of aromatic nitrogens is 2. The fourth-order valence-electron chi connectivity index (χ4n) is 3.99. The van der Waals surface area contributed by atoms with Crippen molar-refractivity contribution in [3.05, 3.63) is 60.0 Å². The second-order valence-corrected chi connectivity index (χ2v) is 9.94. The Morgan fingerprint density at radius 1 is 1.10 bits per heavy atom. The molecule has 0 radical (unpaired) electrons. The summed E-state index contributed by atoms with van der Waals surface area (Å²) in [4.78, 5) is 4.74. The zero-order chi connectivity index (χ0) is 21.8. The van der Waals surface area contributed by atoms with Gasteiger partial charge < -0.3 is 9.26 Å². The molecule has 164 valence electrons. The van der Waals surface area contributed by atoms with E-state index < -0.39 is 10.0 Å². The van der Waals surface area contributed by atoms with E-state index in [1.807, 2.05) is 30.3 Å². The van der Waals surface area contributed by atoms with Crippen molar-refractivity contribution in [2.75, 3.05) is 14.2 Å². The quantitative estimate of drug-likeness (QED) is 0.532. The highest BCUT2D eigenvalue weighted by atomic mass is 32.2. The van der Waals surface area contributed by atoms with Crippen LogP contribution in [-0.2, 0) is 16.6 Å².